The maximum atomic E-state index is 13.7. The first kappa shape index (κ1) is 17.7. The summed E-state index contributed by atoms with van der Waals surface area (Å²) >= 11 is 6.12. The third kappa shape index (κ3) is 2.91. The molecule has 0 aliphatic carbocycles. The summed E-state index contributed by atoms with van der Waals surface area (Å²) in [6.45, 7) is 0.556. The predicted molar refractivity (Wildman–Crippen MR) is 98.6 cm³/mol. The predicted octanol–water partition coefficient (Wildman–Crippen LogP) is 3.78. The molecule has 27 heavy (non-hydrogen) atoms. The standard InChI is InChI=1S/C20H15ClFNO4/c1-26-8-7-23-17(11-3-2-4-12(21)9-11)16-18(24)14-10-13(22)5-6-15(14)27-19(16)20(23)25/h2-6,9-10,17H,7-8H2,1H3/t17-/m1/s1. The molecule has 7 heteroatoms. The minimum atomic E-state index is -0.676. The van der Waals surface area contributed by atoms with Crippen molar-refractivity contribution in [1.29, 1.82) is 0 Å². The lowest BCUT2D eigenvalue weighted by Gasteiger charge is -2.24. The molecule has 0 spiro atoms. The lowest BCUT2D eigenvalue weighted by molar-refractivity contribution is 0.0663. The fraction of sp³-hybridized carbons (Fsp3) is 0.200. The average molecular weight is 388 g/mol. The van der Waals surface area contributed by atoms with Crippen LogP contribution in [0.5, 0.6) is 0 Å². The van der Waals surface area contributed by atoms with E-state index in [1.807, 2.05) is 0 Å². The van der Waals surface area contributed by atoms with Gasteiger partial charge in [0.1, 0.15) is 11.4 Å². The maximum absolute atomic E-state index is 13.7. The fourth-order valence-corrected chi connectivity index (χ4v) is 3.63. The molecule has 4 rings (SSSR count). The van der Waals surface area contributed by atoms with Crippen LogP contribution in [-0.2, 0) is 4.74 Å². The van der Waals surface area contributed by atoms with Gasteiger partial charge in [-0.1, -0.05) is 23.7 Å². The zero-order chi connectivity index (χ0) is 19.1. The van der Waals surface area contributed by atoms with Gasteiger partial charge in [0, 0.05) is 18.7 Å². The normalized spacial score (nSPS) is 16.2. The molecule has 1 aliphatic rings. The number of carbonyl (C=O) groups excluding carboxylic acids is 1. The molecule has 0 unspecified atom stereocenters. The van der Waals surface area contributed by atoms with Gasteiger partial charge in [0.15, 0.2) is 5.43 Å². The molecule has 5 nitrogen and oxygen atoms in total. The highest BCUT2D eigenvalue weighted by molar-refractivity contribution is 6.30. The van der Waals surface area contributed by atoms with Gasteiger partial charge in [0.25, 0.3) is 5.91 Å². The Morgan fingerprint density at radius 3 is 2.78 bits per heavy atom. The second kappa shape index (κ2) is 6.79. The molecule has 2 aromatic carbocycles. The highest BCUT2D eigenvalue weighted by Gasteiger charge is 2.42. The Balaban J connectivity index is 1.99. The number of carbonyl (C=O) groups is 1. The van der Waals surface area contributed by atoms with E-state index >= 15 is 0 Å². The number of ether oxygens (including phenoxy) is 1. The van der Waals surface area contributed by atoms with Gasteiger partial charge in [-0.25, -0.2) is 4.39 Å². The smallest absolute Gasteiger partial charge is 0.290 e. The Bertz CT molecular complexity index is 1110. The number of fused-ring (bicyclic) bond motifs is 2. The summed E-state index contributed by atoms with van der Waals surface area (Å²) < 4.78 is 24.5. The van der Waals surface area contributed by atoms with E-state index in [-0.39, 0.29) is 28.8 Å². The number of rotatable bonds is 4. The molecule has 0 saturated carbocycles. The van der Waals surface area contributed by atoms with Gasteiger partial charge in [-0.2, -0.15) is 0 Å². The lowest BCUT2D eigenvalue weighted by Crippen LogP contribution is -2.32. The third-order valence-electron chi connectivity index (χ3n) is 4.63. The zero-order valence-electron chi connectivity index (χ0n) is 14.4. The highest BCUT2D eigenvalue weighted by Crippen LogP contribution is 2.38. The molecule has 0 N–H and O–H groups in total. The molecular weight excluding hydrogens is 373 g/mol. The van der Waals surface area contributed by atoms with E-state index in [2.05, 4.69) is 0 Å². The first-order chi connectivity index (χ1) is 13.0. The van der Waals surface area contributed by atoms with Crippen LogP contribution in [0.2, 0.25) is 5.02 Å². The van der Waals surface area contributed by atoms with E-state index in [4.69, 9.17) is 20.8 Å². The van der Waals surface area contributed by atoms with Crippen LogP contribution in [0, 0.1) is 5.82 Å². The highest BCUT2D eigenvalue weighted by atomic mass is 35.5. The number of hydrogen-bond donors (Lipinski definition) is 0. The van der Waals surface area contributed by atoms with Crippen molar-refractivity contribution in [3.63, 3.8) is 0 Å². The summed E-state index contributed by atoms with van der Waals surface area (Å²) in [7, 11) is 1.53. The molecule has 1 aliphatic heterocycles. The van der Waals surface area contributed by atoms with E-state index in [9.17, 15) is 14.0 Å². The van der Waals surface area contributed by atoms with Crippen molar-refractivity contribution in [3.05, 3.63) is 80.4 Å². The van der Waals surface area contributed by atoms with Crippen molar-refractivity contribution in [2.45, 2.75) is 6.04 Å². The van der Waals surface area contributed by atoms with Gasteiger partial charge in [0.05, 0.1) is 23.6 Å². The molecule has 2 heterocycles. The quantitative estimate of drug-likeness (QED) is 0.683. The van der Waals surface area contributed by atoms with Gasteiger partial charge in [0.2, 0.25) is 5.76 Å². The first-order valence-electron chi connectivity index (χ1n) is 8.33. The summed E-state index contributed by atoms with van der Waals surface area (Å²) in [4.78, 5) is 27.6. The molecule has 138 valence electrons. The third-order valence-corrected chi connectivity index (χ3v) is 4.86. The molecule has 1 amide bonds. The van der Waals surface area contributed by atoms with Crippen LogP contribution in [0.25, 0.3) is 11.0 Å². The van der Waals surface area contributed by atoms with Gasteiger partial charge < -0.3 is 14.1 Å². The van der Waals surface area contributed by atoms with Crippen molar-refractivity contribution < 1.29 is 18.3 Å². The van der Waals surface area contributed by atoms with Crippen molar-refractivity contribution in [1.82, 2.24) is 4.90 Å². The van der Waals surface area contributed by atoms with E-state index in [1.165, 1.54) is 24.1 Å². The largest absolute Gasteiger partial charge is 0.450 e. The second-order valence-electron chi connectivity index (χ2n) is 6.26. The number of benzene rings is 2. The monoisotopic (exact) mass is 387 g/mol. The van der Waals surface area contributed by atoms with E-state index in [0.29, 0.717) is 17.2 Å². The zero-order valence-corrected chi connectivity index (χ0v) is 15.1. The SMILES string of the molecule is COCCN1C(=O)c2oc3ccc(F)cc3c(=O)c2[C@H]1c1cccc(Cl)c1. The minimum absolute atomic E-state index is 0.0276. The molecule has 0 radical (unpaired) electrons. The number of amides is 1. The Morgan fingerprint density at radius 2 is 2.04 bits per heavy atom. The Labute approximate surface area is 158 Å². The molecule has 3 aromatic rings. The van der Waals surface area contributed by atoms with Crippen LogP contribution < -0.4 is 5.43 Å². The number of nitrogens with zero attached hydrogens (tertiary/aromatic N) is 1. The summed E-state index contributed by atoms with van der Waals surface area (Å²) in [6.07, 6.45) is 0. The molecule has 1 aromatic heterocycles. The van der Waals surface area contributed by atoms with Crippen molar-refractivity contribution in [3.8, 4) is 0 Å². The van der Waals surface area contributed by atoms with Crippen LogP contribution in [0.1, 0.15) is 27.7 Å². The van der Waals surface area contributed by atoms with Gasteiger partial charge in [-0.3, -0.25) is 9.59 Å². The average Bonchev–Trinajstić information content (AvgIpc) is 2.93. The van der Waals surface area contributed by atoms with E-state index in [0.717, 1.165) is 6.07 Å². The van der Waals surface area contributed by atoms with Crippen molar-refractivity contribution in [2.75, 3.05) is 20.3 Å². The lowest BCUT2D eigenvalue weighted by atomic mass is 9.98. The van der Waals surface area contributed by atoms with Crippen molar-refractivity contribution in [2.24, 2.45) is 0 Å². The maximum Gasteiger partial charge on any atom is 0.290 e. The molecule has 0 saturated heterocycles. The summed E-state index contributed by atoms with van der Waals surface area (Å²) in [5.74, 6) is -0.981. The van der Waals surface area contributed by atoms with Gasteiger partial charge in [-0.15, -0.1) is 0 Å². The molecule has 0 fully saturated rings. The second-order valence-corrected chi connectivity index (χ2v) is 6.70. The number of hydrogen-bond acceptors (Lipinski definition) is 4. The summed E-state index contributed by atoms with van der Waals surface area (Å²) in [5.41, 5.74) is 0.612. The molecule has 1 atom stereocenters. The van der Waals surface area contributed by atoms with Crippen LogP contribution in [-0.4, -0.2) is 31.1 Å². The van der Waals surface area contributed by atoms with Gasteiger partial charge >= 0.3 is 0 Å². The van der Waals surface area contributed by atoms with Crippen LogP contribution in [0.3, 0.4) is 0 Å². The van der Waals surface area contributed by atoms with Crippen LogP contribution in [0.15, 0.2) is 51.7 Å². The first-order valence-corrected chi connectivity index (χ1v) is 8.70. The minimum Gasteiger partial charge on any atom is -0.450 e. The van der Waals surface area contributed by atoms with E-state index < -0.39 is 23.2 Å². The summed E-state index contributed by atoms with van der Waals surface area (Å²) in [6, 6.07) is 9.93. The van der Waals surface area contributed by atoms with Crippen molar-refractivity contribution >= 4 is 28.5 Å². The molecule has 0 bridgehead atoms. The Morgan fingerprint density at radius 1 is 1.22 bits per heavy atom. The van der Waals surface area contributed by atoms with Gasteiger partial charge in [-0.05, 0) is 35.9 Å². The Hall–Kier alpha value is -2.70. The molecular formula is C20H15ClFNO4. The van der Waals surface area contributed by atoms with Crippen LogP contribution in [0.4, 0.5) is 4.39 Å². The number of halogens is 2. The van der Waals surface area contributed by atoms with Crippen LogP contribution >= 0.6 is 11.6 Å². The summed E-state index contributed by atoms with van der Waals surface area (Å²) in [5, 5.41) is 0.582. The Kier molecular flexibility index (Phi) is 4.45. The van der Waals surface area contributed by atoms with E-state index in [1.54, 1.807) is 24.3 Å². The fourth-order valence-electron chi connectivity index (χ4n) is 3.44. The topological polar surface area (TPSA) is 59.8 Å². The number of methoxy groups -OCH3 is 1.